The van der Waals surface area contributed by atoms with E-state index in [4.69, 9.17) is 71.1 Å². The van der Waals surface area contributed by atoms with Gasteiger partial charge in [-0.25, -0.2) is 19.2 Å². The van der Waals surface area contributed by atoms with Crippen molar-refractivity contribution in [1.29, 1.82) is 0 Å². The molecule has 19 atom stereocenters. The molecule has 0 radical (unpaired) electrons. The lowest BCUT2D eigenvalue weighted by Gasteiger charge is -2.43. The lowest BCUT2D eigenvalue weighted by atomic mass is 9.73. The summed E-state index contributed by atoms with van der Waals surface area (Å²) in [6.45, 7) is 0. The number of hydrogen-bond acceptors (Lipinski definition) is 44. The lowest BCUT2D eigenvalue weighted by Crippen LogP contribution is -2.39. The Balaban J connectivity index is 0.000000179. The van der Waals surface area contributed by atoms with Gasteiger partial charge in [-0.15, -0.1) is 6.42 Å². The van der Waals surface area contributed by atoms with Crippen LogP contribution in [0.4, 0.5) is 0 Å². The molecule has 21 rings (SSSR count). The van der Waals surface area contributed by atoms with Gasteiger partial charge in [-0.3, -0.25) is 0 Å². The predicted molar refractivity (Wildman–Crippen MR) is 490 cm³/mol. The van der Waals surface area contributed by atoms with Crippen molar-refractivity contribution in [2.45, 2.75) is 129 Å². The van der Waals surface area contributed by atoms with Gasteiger partial charge in [-0.05, 0) is 106 Å². The molecule has 762 valence electrons. The first-order valence-corrected chi connectivity index (χ1v) is 44.5. The van der Waals surface area contributed by atoms with E-state index in [1.165, 1.54) is 79.9 Å². The van der Waals surface area contributed by atoms with Gasteiger partial charge < -0.3 is 198 Å². The largest absolute Gasteiger partial charge is 0.508 e. The zero-order valence-electron chi connectivity index (χ0n) is 76.4. The SMILES string of the molecule is C#CC(=O)OC.COC(=O)C1Oc2ccc([C@H]3Oc4c(c(O)cc(O)c4[C@H]4c5c(O)cc(O)cc5O[C@H](c5ccc6c(c5)OC(C(=O)OC)O6)[C@@H]4O)[C@H](c4c(O)cc(O)c5c4O[C@H](c4ccc6c(c4)OC(C(=O)OC)O6)[C@H](O)C5)[C@H]3O)cc2O1.Oc1cc(O)c2c(c1)O[C@H](c1ccc(O)c(O)c1)[C@H](O)[C@H]2c1c(O)cc(O)c2c1O[C@H](c1ccc(O)c(O)c1)[C@H](O)[C@H]2c1c(O)cc(O)c2c1O[C@H](c1ccc(O)c(O)c1)[C@H](O)C2. The van der Waals surface area contributed by atoms with Gasteiger partial charge in [0.2, 0.25) is 0 Å². The minimum absolute atomic E-state index is 0.00494. The maximum Gasteiger partial charge on any atom is 0.389 e. The molecule has 0 aromatic heterocycles. The van der Waals surface area contributed by atoms with Crippen molar-refractivity contribution in [3.63, 3.8) is 0 Å². The molecule has 0 bridgehead atoms. The number of aliphatic hydroxyl groups is 6. The molecule has 0 saturated carbocycles. The number of fused-ring (bicyclic) bond motifs is 9. The maximum absolute atomic E-state index is 13.0. The molecular weight excluding hydrogens is 1940 g/mol. The smallest absolute Gasteiger partial charge is 0.389 e. The normalized spacial score (nSPS) is 23.9. The summed E-state index contributed by atoms with van der Waals surface area (Å²) in [4.78, 5) is 46.9. The molecule has 147 heavy (non-hydrogen) atoms. The van der Waals surface area contributed by atoms with Gasteiger partial charge in [0.1, 0.15) is 140 Å². The summed E-state index contributed by atoms with van der Waals surface area (Å²) in [5.41, 5.74) is -1.73. The van der Waals surface area contributed by atoms with Gasteiger partial charge in [-0.1, -0.05) is 36.4 Å². The molecule has 0 saturated heterocycles. The topological polar surface area (TPSA) is 701 Å². The van der Waals surface area contributed by atoms with E-state index in [0.717, 1.165) is 106 Å². The Hall–Kier alpha value is -18.2. The van der Waals surface area contributed by atoms with Gasteiger partial charge in [-0.2, -0.15) is 0 Å². The number of phenolic OH excluding ortho intramolecular Hbond substituents is 18. The van der Waals surface area contributed by atoms with Gasteiger partial charge in [0.15, 0.2) is 93.4 Å². The van der Waals surface area contributed by atoms with Crippen molar-refractivity contribution < 1.29 is 218 Å². The van der Waals surface area contributed by atoms with Crippen molar-refractivity contribution in [2.75, 3.05) is 28.4 Å². The van der Waals surface area contributed by atoms with Crippen LogP contribution in [0, 0.1) is 12.3 Å². The lowest BCUT2D eigenvalue weighted by molar-refractivity contribution is -0.159. The first-order valence-electron chi connectivity index (χ1n) is 44.5. The highest BCUT2D eigenvalue weighted by Crippen LogP contribution is 2.67. The average molecular weight is 2030 g/mol. The van der Waals surface area contributed by atoms with E-state index in [-0.39, 0.29) is 159 Å². The molecule has 3 unspecified atom stereocenters. The minimum Gasteiger partial charge on any atom is -0.508 e. The number of benzene rings is 12. The monoisotopic (exact) mass is 2030 g/mol. The molecule has 0 amide bonds. The highest BCUT2D eigenvalue weighted by molar-refractivity contribution is 5.87. The Morgan fingerprint density at radius 2 is 0.503 bits per heavy atom. The quantitative estimate of drug-likeness (QED) is 0.0170. The van der Waals surface area contributed by atoms with E-state index in [9.17, 15) is 142 Å². The van der Waals surface area contributed by atoms with Crippen LogP contribution in [0.1, 0.15) is 149 Å². The molecule has 0 aliphatic carbocycles. The van der Waals surface area contributed by atoms with Crippen LogP contribution < -0.4 is 56.8 Å². The Labute approximate surface area is 826 Å². The van der Waals surface area contributed by atoms with Gasteiger partial charge in [0, 0.05) is 123 Å². The first kappa shape index (κ1) is 97.7. The number of esters is 4. The second-order valence-corrected chi connectivity index (χ2v) is 35.1. The number of terminal acetylenes is 1. The second kappa shape index (κ2) is 37.6. The van der Waals surface area contributed by atoms with Gasteiger partial charge >= 0.3 is 42.7 Å². The molecule has 9 heterocycles. The molecule has 0 fully saturated rings. The number of ether oxygens (including phenoxy) is 16. The van der Waals surface area contributed by atoms with Crippen LogP contribution in [0.25, 0.3) is 0 Å². The zero-order valence-corrected chi connectivity index (χ0v) is 76.4. The number of phenols is 18. The molecule has 9 aliphatic rings. The molecule has 12 aromatic rings. The van der Waals surface area contributed by atoms with Crippen LogP contribution in [0.5, 0.6) is 172 Å². The fourth-order valence-electron chi connectivity index (χ4n) is 19.8. The highest BCUT2D eigenvalue weighted by Gasteiger charge is 2.56. The zero-order chi connectivity index (χ0) is 105. The van der Waals surface area contributed by atoms with E-state index in [1.54, 1.807) is 5.92 Å². The van der Waals surface area contributed by atoms with Crippen LogP contribution >= 0.6 is 0 Å². The second-order valence-electron chi connectivity index (χ2n) is 35.1. The Morgan fingerprint density at radius 1 is 0.252 bits per heavy atom. The number of aromatic hydroxyl groups is 18. The van der Waals surface area contributed by atoms with Crippen molar-refractivity contribution in [2.24, 2.45) is 0 Å². The Kier molecular flexibility index (Phi) is 25.0. The van der Waals surface area contributed by atoms with E-state index < -0.39 is 255 Å². The Bertz CT molecular complexity index is 7440. The minimum atomic E-state index is -1.90. The molecule has 0 spiro atoms. The van der Waals surface area contributed by atoms with E-state index in [2.05, 4.69) is 11.2 Å². The van der Waals surface area contributed by atoms with Gasteiger partial charge in [0.05, 0.1) is 64.3 Å². The average Bonchev–Trinajstić information content (AvgIpc) is 1.66. The van der Waals surface area contributed by atoms with Crippen molar-refractivity contribution >= 4 is 23.9 Å². The first-order chi connectivity index (χ1) is 70.2. The number of carbonyl (C=O) groups is 4. The highest BCUT2D eigenvalue weighted by atomic mass is 16.8. The fraction of sp³-hybridized carbons (Fsp3) is 0.243. The van der Waals surface area contributed by atoms with Crippen LogP contribution in [0.3, 0.4) is 0 Å². The molecular formula is C103H86O44. The van der Waals surface area contributed by atoms with Crippen LogP contribution in [0.15, 0.2) is 158 Å². The van der Waals surface area contributed by atoms with Crippen molar-refractivity contribution in [1.82, 2.24) is 0 Å². The van der Waals surface area contributed by atoms with Crippen molar-refractivity contribution in [3.8, 4) is 185 Å². The summed E-state index contributed by atoms with van der Waals surface area (Å²) in [5.74, 6) is -20.5. The van der Waals surface area contributed by atoms with E-state index >= 15 is 0 Å². The fourth-order valence-corrected chi connectivity index (χ4v) is 19.8. The summed E-state index contributed by atoms with van der Waals surface area (Å²) in [5, 5.41) is 274. The molecule has 44 nitrogen and oxygen atoms in total. The molecule has 24 N–H and O–H groups in total. The summed E-state index contributed by atoms with van der Waals surface area (Å²) in [6, 6.07) is 31.4. The van der Waals surface area contributed by atoms with Crippen LogP contribution in [0.2, 0.25) is 0 Å². The van der Waals surface area contributed by atoms with Gasteiger partial charge in [0.25, 0.3) is 0 Å². The number of methoxy groups -OCH3 is 4. The van der Waals surface area contributed by atoms with E-state index in [0.29, 0.717) is 0 Å². The van der Waals surface area contributed by atoms with Crippen molar-refractivity contribution in [3.05, 3.63) is 247 Å². The summed E-state index contributed by atoms with van der Waals surface area (Å²) in [7, 11) is 4.66. The van der Waals surface area contributed by atoms with Crippen LogP contribution in [-0.2, 0) is 51.0 Å². The Morgan fingerprint density at radius 3 is 0.796 bits per heavy atom. The third-order valence-corrected chi connectivity index (χ3v) is 26.5. The summed E-state index contributed by atoms with van der Waals surface area (Å²) >= 11 is 0. The molecule has 12 aromatic carbocycles. The maximum atomic E-state index is 13.0. The third kappa shape index (κ3) is 16.9. The number of aliphatic hydroxyl groups excluding tert-OH is 6. The number of rotatable bonds is 13. The summed E-state index contributed by atoms with van der Waals surface area (Å²) in [6.07, 6.45) is -19.6. The van der Waals surface area contributed by atoms with Crippen LogP contribution in [-0.4, -0.2) is 230 Å². The number of hydrogen-bond donors (Lipinski definition) is 24. The predicted octanol–water partition coefficient (Wildman–Crippen LogP) is 8.26. The molecule has 9 aliphatic heterocycles. The molecule has 44 heteroatoms. The third-order valence-electron chi connectivity index (χ3n) is 26.5. The summed E-state index contributed by atoms with van der Waals surface area (Å²) < 4.78 is 90.8. The standard InChI is InChI=1S/C54H44O24.C45H38O18.C4H4O2/c1-67-49(64)52-71-29-7-4-18(10-32(29)74-52)44-28(61)15-22-23(56)16-25(58)37(47(22)77-44)41-39-27(60)17-26(59)38(48(39)78-46(43(41)63)20-6-9-31-34(12-20)76-54(73-31)51(66)69-3)40-36-24(57)13-21(55)14-35(36)70-45(42(40)62)19-5-8-30-33(11-19)75-53(72-30)50(65)68-2;46-18-10-27(54)33-32(11-18)61-42(16-2-5-21(48)25(52)8-16)39(59)37(33)35-29(56)14-30(57)36-38(40(60)43(63-45(35)36)17-3-6-22(49)26(53)9-17)34-28(55)13-23(50)19-12-31(58)41(62-44(19)34)15-1-4-20(47)24(51)7-15;1-3-4(5)6-2/h4-14,16-17,28,40-46,52-63H,15H2,1-3H3;1-11,13-14,31,37-43,46-60H,12H2;1H,2H3/t28-,40-,41+,42-,43-,44-,45-,46-,52?,53?,54?;31-,37-,38+,39-,40-,41-,42-,43-;/m11./s1. The van der Waals surface area contributed by atoms with E-state index in [1.807, 2.05) is 0 Å². The number of carbonyl (C=O) groups excluding carboxylic acids is 4.